The molecule has 1 unspecified atom stereocenters. The van der Waals surface area contributed by atoms with E-state index < -0.39 is 0 Å². The molecule has 4 nitrogen and oxygen atoms in total. The molecule has 15 heavy (non-hydrogen) atoms. The van der Waals surface area contributed by atoms with E-state index in [0.29, 0.717) is 13.0 Å². The molecule has 1 atom stereocenters. The molecule has 0 aliphatic carbocycles. The minimum absolute atomic E-state index is 0.0179. The number of nitrogens with zero attached hydrogens (tertiary/aromatic N) is 1. The molecule has 1 rings (SSSR count). The molecule has 1 fully saturated rings. The van der Waals surface area contributed by atoms with E-state index in [4.69, 9.17) is 9.47 Å². The number of carbonyl (C=O) groups is 1. The maximum absolute atomic E-state index is 11.3. The lowest BCUT2D eigenvalue weighted by Gasteiger charge is -2.32. The molecule has 1 heterocycles. The van der Waals surface area contributed by atoms with Gasteiger partial charge in [-0.05, 0) is 19.9 Å². The quantitative estimate of drug-likeness (QED) is 0.643. The average molecular weight is 215 g/mol. The van der Waals surface area contributed by atoms with Crippen molar-refractivity contribution in [2.45, 2.75) is 32.8 Å². The van der Waals surface area contributed by atoms with Gasteiger partial charge in [0.05, 0.1) is 25.7 Å². The van der Waals surface area contributed by atoms with Crippen molar-refractivity contribution in [3.63, 3.8) is 0 Å². The van der Waals surface area contributed by atoms with E-state index in [1.54, 1.807) is 0 Å². The van der Waals surface area contributed by atoms with Crippen LogP contribution < -0.4 is 0 Å². The summed E-state index contributed by atoms with van der Waals surface area (Å²) >= 11 is 0. The Hall–Kier alpha value is -0.610. The molecule has 1 aliphatic heterocycles. The van der Waals surface area contributed by atoms with Crippen molar-refractivity contribution >= 4 is 5.97 Å². The number of morpholine rings is 1. The van der Waals surface area contributed by atoms with Crippen LogP contribution in [0.4, 0.5) is 0 Å². The van der Waals surface area contributed by atoms with Crippen LogP contribution in [0.2, 0.25) is 0 Å². The van der Waals surface area contributed by atoms with Crippen LogP contribution in [0, 0.1) is 0 Å². The SMILES string of the molecule is CCCN1CCOC(CC(=O)OCC)C1. The highest BCUT2D eigenvalue weighted by Gasteiger charge is 2.22. The number of hydrogen-bond donors (Lipinski definition) is 0. The first-order chi connectivity index (χ1) is 7.26. The molecule has 0 aromatic carbocycles. The van der Waals surface area contributed by atoms with Crippen molar-refractivity contribution in [1.82, 2.24) is 4.90 Å². The van der Waals surface area contributed by atoms with Gasteiger partial charge in [0.2, 0.25) is 0 Å². The lowest BCUT2D eigenvalue weighted by Crippen LogP contribution is -2.43. The number of esters is 1. The summed E-state index contributed by atoms with van der Waals surface area (Å²) < 4.78 is 10.4. The van der Waals surface area contributed by atoms with Crippen molar-refractivity contribution in [3.8, 4) is 0 Å². The molecule has 1 saturated heterocycles. The zero-order valence-corrected chi connectivity index (χ0v) is 9.70. The Bertz CT molecular complexity index is 194. The average Bonchev–Trinajstić information content (AvgIpc) is 2.19. The molecule has 0 amide bonds. The van der Waals surface area contributed by atoms with Gasteiger partial charge in [-0.1, -0.05) is 6.92 Å². The summed E-state index contributed by atoms with van der Waals surface area (Å²) in [7, 11) is 0. The molecule has 0 saturated carbocycles. The summed E-state index contributed by atoms with van der Waals surface area (Å²) in [6.45, 7) is 8.08. The smallest absolute Gasteiger partial charge is 0.308 e. The van der Waals surface area contributed by atoms with Crippen LogP contribution in [0.15, 0.2) is 0 Å². The Labute approximate surface area is 91.5 Å². The van der Waals surface area contributed by atoms with Gasteiger partial charge in [0, 0.05) is 13.1 Å². The molecule has 0 aromatic rings. The van der Waals surface area contributed by atoms with Crippen molar-refractivity contribution in [3.05, 3.63) is 0 Å². The summed E-state index contributed by atoms with van der Waals surface area (Å²) in [6, 6.07) is 0. The molecule has 4 heteroatoms. The fourth-order valence-electron chi connectivity index (χ4n) is 1.83. The van der Waals surface area contributed by atoms with Gasteiger partial charge in [0.15, 0.2) is 0 Å². The second-order valence-electron chi connectivity index (χ2n) is 3.80. The fourth-order valence-corrected chi connectivity index (χ4v) is 1.83. The third-order valence-electron chi connectivity index (χ3n) is 2.46. The number of carbonyl (C=O) groups excluding carboxylic acids is 1. The second kappa shape index (κ2) is 6.80. The normalized spacial score (nSPS) is 22.7. The molecular formula is C11H21NO3. The van der Waals surface area contributed by atoms with Gasteiger partial charge in [0.25, 0.3) is 0 Å². The molecule has 0 aromatic heterocycles. The Morgan fingerprint density at radius 3 is 3.00 bits per heavy atom. The zero-order chi connectivity index (χ0) is 11.1. The fraction of sp³-hybridized carbons (Fsp3) is 0.909. The molecule has 0 bridgehead atoms. The zero-order valence-electron chi connectivity index (χ0n) is 9.70. The molecule has 1 aliphatic rings. The van der Waals surface area contributed by atoms with E-state index in [0.717, 1.165) is 32.7 Å². The van der Waals surface area contributed by atoms with E-state index >= 15 is 0 Å². The van der Waals surface area contributed by atoms with Crippen molar-refractivity contribution in [2.75, 3.05) is 32.8 Å². The van der Waals surface area contributed by atoms with Crippen molar-refractivity contribution in [2.24, 2.45) is 0 Å². The lowest BCUT2D eigenvalue weighted by atomic mass is 10.2. The van der Waals surface area contributed by atoms with Crippen molar-refractivity contribution < 1.29 is 14.3 Å². The highest BCUT2D eigenvalue weighted by molar-refractivity contribution is 5.69. The van der Waals surface area contributed by atoms with Gasteiger partial charge in [-0.2, -0.15) is 0 Å². The first-order valence-corrected chi connectivity index (χ1v) is 5.75. The third kappa shape index (κ3) is 4.62. The molecule has 0 radical (unpaired) electrons. The predicted molar refractivity (Wildman–Crippen MR) is 57.7 cm³/mol. The van der Waals surface area contributed by atoms with Crippen LogP contribution in [0.1, 0.15) is 26.7 Å². The van der Waals surface area contributed by atoms with Crippen LogP contribution in [0.25, 0.3) is 0 Å². The van der Waals surface area contributed by atoms with Crippen LogP contribution in [0.5, 0.6) is 0 Å². The van der Waals surface area contributed by atoms with Crippen molar-refractivity contribution in [1.29, 1.82) is 0 Å². The standard InChI is InChI=1S/C11H21NO3/c1-3-5-12-6-7-15-10(9-12)8-11(13)14-4-2/h10H,3-9H2,1-2H3. The van der Waals surface area contributed by atoms with Crippen LogP contribution in [-0.2, 0) is 14.3 Å². The number of hydrogen-bond acceptors (Lipinski definition) is 4. The van der Waals surface area contributed by atoms with Gasteiger partial charge >= 0.3 is 5.97 Å². The highest BCUT2D eigenvalue weighted by Crippen LogP contribution is 2.09. The number of rotatable bonds is 5. The summed E-state index contributed by atoms with van der Waals surface area (Å²) in [6.07, 6.45) is 1.55. The summed E-state index contributed by atoms with van der Waals surface area (Å²) in [5, 5.41) is 0. The lowest BCUT2D eigenvalue weighted by molar-refractivity contribution is -0.148. The summed E-state index contributed by atoms with van der Waals surface area (Å²) in [5.41, 5.74) is 0. The monoisotopic (exact) mass is 215 g/mol. The Morgan fingerprint density at radius 2 is 2.33 bits per heavy atom. The molecule has 88 valence electrons. The van der Waals surface area contributed by atoms with Gasteiger partial charge in [-0.3, -0.25) is 9.69 Å². The third-order valence-corrected chi connectivity index (χ3v) is 2.46. The van der Waals surface area contributed by atoms with Gasteiger partial charge in [-0.25, -0.2) is 0 Å². The molecule has 0 spiro atoms. The van der Waals surface area contributed by atoms with E-state index in [1.807, 2.05) is 6.92 Å². The minimum atomic E-state index is -0.152. The second-order valence-corrected chi connectivity index (χ2v) is 3.80. The number of ether oxygens (including phenoxy) is 2. The molecule has 0 N–H and O–H groups in total. The van der Waals surface area contributed by atoms with Gasteiger partial charge in [-0.15, -0.1) is 0 Å². The maximum atomic E-state index is 11.3. The first kappa shape index (κ1) is 12.5. The minimum Gasteiger partial charge on any atom is -0.466 e. The van der Waals surface area contributed by atoms with Gasteiger partial charge < -0.3 is 9.47 Å². The topological polar surface area (TPSA) is 38.8 Å². The molecular weight excluding hydrogens is 194 g/mol. The van der Waals surface area contributed by atoms with Crippen LogP contribution >= 0.6 is 0 Å². The Morgan fingerprint density at radius 1 is 1.53 bits per heavy atom. The summed E-state index contributed by atoms with van der Waals surface area (Å²) in [4.78, 5) is 13.6. The van der Waals surface area contributed by atoms with Gasteiger partial charge in [0.1, 0.15) is 0 Å². The Balaban J connectivity index is 2.26. The first-order valence-electron chi connectivity index (χ1n) is 5.75. The maximum Gasteiger partial charge on any atom is 0.308 e. The van der Waals surface area contributed by atoms with E-state index in [1.165, 1.54) is 0 Å². The van der Waals surface area contributed by atoms with E-state index in [-0.39, 0.29) is 12.1 Å². The van der Waals surface area contributed by atoms with E-state index in [9.17, 15) is 4.79 Å². The summed E-state index contributed by atoms with van der Waals surface area (Å²) in [5.74, 6) is -0.152. The van der Waals surface area contributed by atoms with Crippen LogP contribution in [-0.4, -0.2) is 49.8 Å². The highest BCUT2D eigenvalue weighted by atomic mass is 16.5. The largest absolute Gasteiger partial charge is 0.466 e. The van der Waals surface area contributed by atoms with Crippen LogP contribution in [0.3, 0.4) is 0 Å². The predicted octanol–water partition coefficient (Wildman–Crippen LogP) is 1.05. The van der Waals surface area contributed by atoms with E-state index in [2.05, 4.69) is 11.8 Å². The Kier molecular flexibility index (Phi) is 5.65.